The summed E-state index contributed by atoms with van der Waals surface area (Å²) in [7, 11) is 1.65. The molecule has 0 bridgehead atoms. The first-order valence-electron chi connectivity index (χ1n) is 6.35. The van der Waals surface area contributed by atoms with E-state index in [0.717, 1.165) is 25.1 Å². The van der Waals surface area contributed by atoms with Gasteiger partial charge in [-0.05, 0) is 44.9 Å². The third-order valence-electron chi connectivity index (χ3n) is 3.69. The second-order valence-electron chi connectivity index (χ2n) is 5.42. The summed E-state index contributed by atoms with van der Waals surface area (Å²) in [6.45, 7) is 5.38. The van der Waals surface area contributed by atoms with Gasteiger partial charge in [0.15, 0.2) is 0 Å². The Labute approximate surface area is 108 Å². The average Bonchev–Trinajstić information content (AvgIpc) is 2.67. The zero-order chi connectivity index (χ0) is 13.3. The zero-order valence-corrected chi connectivity index (χ0v) is 11.3. The number of nitrogens with two attached hydrogens (primary N) is 1. The second kappa shape index (κ2) is 4.52. The first-order valence-corrected chi connectivity index (χ1v) is 6.35. The van der Waals surface area contributed by atoms with E-state index in [2.05, 4.69) is 24.1 Å². The van der Waals surface area contributed by atoms with E-state index in [0.29, 0.717) is 11.3 Å². The lowest BCUT2D eigenvalue weighted by molar-refractivity contribution is 0.0963. The normalized spacial score (nSPS) is 17.8. The first-order chi connectivity index (χ1) is 8.45. The molecule has 1 heterocycles. The molecule has 3 N–H and O–H groups in total. The summed E-state index contributed by atoms with van der Waals surface area (Å²) in [6.07, 6.45) is 2.28. The van der Waals surface area contributed by atoms with Crippen LogP contribution in [-0.4, -0.2) is 25.0 Å². The van der Waals surface area contributed by atoms with Gasteiger partial charge in [0.1, 0.15) is 0 Å². The lowest BCUT2D eigenvalue weighted by Gasteiger charge is -2.35. The van der Waals surface area contributed by atoms with Crippen LogP contribution in [-0.2, 0) is 0 Å². The predicted molar refractivity (Wildman–Crippen MR) is 74.9 cm³/mol. The Bertz CT molecular complexity index is 468. The molecule has 1 aromatic rings. The molecule has 0 aromatic heterocycles. The van der Waals surface area contributed by atoms with E-state index in [1.165, 1.54) is 0 Å². The van der Waals surface area contributed by atoms with Crippen LogP contribution in [0.15, 0.2) is 18.2 Å². The number of carbonyl (C=O) groups excluding carboxylic acids is 1. The molecular formula is C14H21N3O. The van der Waals surface area contributed by atoms with Crippen molar-refractivity contribution in [1.29, 1.82) is 0 Å². The number of hydrogen-bond acceptors (Lipinski definition) is 3. The third kappa shape index (κ3) is 2.15. The number of hydrogen-bond donors (Lipinski definition) is 2. The van der Waals surface area contributed by atoms with Crippen molar-refractivity contribution < 1.29 is 4.79 Å². The Morgan fingerprint density at radius 2 is 2.17 bits per heavy atom. The van der Waals surface area contributed by atoms with Crippen LogP contribution >= 0.6 is 0 Å². The maximum atomic E-state index is 11.9. The summed E-state index contributed by atoms with van der Waals surface area (Å²) in [6, 6.07) is 5.48. The molecular weight excluding hydrogens is 226 g/mol. The lowest BCUT2D eigenvalue weighted by atomic mass is 10.00. The fourth-order valence-electron chi connectivity index (χ4n) is 2.65. The minimum atomic E-state index is -0.0623. The smallest absolute Gasteiger partial charge is 0.253 e. The van der Waals surface area contributed by atoms with Gasteiger partial charge in [0.2, 0.25) is 0 Å². The molecule has 0 radical (unpaired) electrons. The molecule has 1 saturated heterocycles. The van der Waals surface area contributed by atoms with Crippen molar-refractivity contribution in [3.05, 3.63) is 23.8 Å². The molecule has 1 aliphatic rings. The molecule has 0 atom stereocenters. The number of rotatable bonds is 2. The van der Waals surface area contributed by atoms with Gasteiger partial charge in [-0.2, -0.15) is 0 Å². The quantitative estimate of drug-likeness (QED) is 0.786. The molecule has 2 rings (SSSR count). The van der Waals surface area contributed by atoms with Crippen LogP contribution in [0.25, 0.3) is 0 Å². The van der Waals surface area contributed by atoms with Gasteiger partial charge in [-0.15, -0.1) is 0 Å². The minimum absolute atomic E-state index is 0.0623. The highest BCUT2D eigenvalue weighted by atomic mass is 16.1. The molecule has 0 spiro atoms. The Kier molecular flexibility index (Phi) is 3.20. The molecule has 1 fully saturated rings. The SMILES string of the molecule is CNC(=O)c1ccc(N)cc1N1CCCC1(C)C. The van der Waals surface area contributed by atoms with Crippen LogP contribution in [0.2, 0.25) is 0 Å². The van der Waals surface area contributed by atoms with Gasteiger partial charge in [-0.25, -0.2) is 0 Å². The zero-order valence-electron chi connectivity index (χ0n) is 11.3. The van der Waals surface area contributed by atoms with Gasteiger partial charge in [0.25, 0.3) is 5.91 Å². The summed E-state index contributed by atoms with van der Waals surface area (Å²) >= 11 is 0. The molecule has 1 amide bonds. The van der Waals surface area contributed by atoms with E-state index in [-0.39, 0.29) is 11.4 Å². The van der Waals surface area contributed by atoms with Crippen molar-refractivity contribution in [3.8, 4) is 0 Å². The number of nitrogens with one attached hydrogen (secondary N) is 1. The lowest BCUT2D eigenvalue weighted by Crippen LogP contribution is -2.39. The first kappa shape index (κ1) is 12.7. The summed E-state index contributed by atoms with van der Waals surface area (Å²) in [5.41, 5.74) is 8.28. The number of nitrogens with zero attached hydrogens (tertiary/aromatic N) is 1. The summed E-state index contributed by atoms with van der Waals surface area (Å²) in [5.74, 6) is -0.0623. The fraction of sp³-hybridized carbons (Fsp3) is 0.500. The topological polar surface area (TPSA) is 58.4 Å². The predicted octanol–water partition coefficient (Wildman–Crippen LogP) is 2.01. The molecule has 1 aliphatic heterocycles. The summed E-state index contributed by atoms with van der Waals surface area (Å²) in [4.78, 5) is 14.2. The van der Waals surface area contributed by atoms with E-state index < -0.39 is 0 Å². The van der Waals surface area contributed by atoms with E-state index in [1.807, 2.05) is 6.07 Å². The van der Waals surface area contributed by atoms with Gasteiger partial charge in [0.05, 0.1) is 11.3 Å². The highest BCUT2D eigenvalue weighted by Crippen LogP contribution is 2.36. The molecule has 0 saturated carbocycles. The molecule has 4 heteroatoms. The Morgan fingerprint density at radius 3 is 2.72 bits per heavy atom. The van der Waals surface area contributed by atoms with Crippen molar-refractivity contribution in [3.63, 3.8) is 0 Å². The second-order valence-corrected chi connectivity index (χ2v) is 5.42. The van der Waals surface area contributed by atoms with Gasteiger partial charge >= 0.3 is 0 Å². The molecule has 0 aliphatic carbocycles. The van der Waals surface area contributed by atoms with Crippen LogP contribution in [0, 0.1) is 0 Å². The van der Waals surface area contributed by atoms with Gasteiger partial charge in [-0.1, -0.05) is 0 Å². The van der Waals surface area contributed by atoms with Crippen LogP contribution in [0.3, 0.4) is 0 Å². The Balaban J connectivity index is 2.48. The fourth-order valence-corrected chi connectivity index (χ4v) is 2.65. The highest BCUT2D eigenvalue weighted by molar-refractivity contribution is 6.00. The maximum Gasteiger partial charge on any atom is 0.253 e. The maximum absolute atomic E-state index is 11.9. The van der Waals surface area contributed by atoms with E-state index in [4.69, 9.17) is 5.73 Å². The van der Waals surface area contributed by atoms with Crippen molar-refractivity contribution in [1.82, 2.24) is 5.32 Å². The van der Waals surface area contributed by atoms with Gasteiger partial charge in [-0.3, -0.25) is 4.79 Å². The standard InChI is InChI=1S/C14H21N3O/c1-14(2)7-4-8-17(14)12-9-10(15)5-6-11(12)13(18)16-3/h5-6,9H,4,7-8,15H2,1-3H3,(H,16,18). The number of amides is 1. The monoisotopic (exact) mass is 247 g/mol. The van der Waals surface area contributed by atoms with Crippen molar-refractivity contribution in [2.75, 3.05) is 24.2 Å². The van der Waals surface area contributed by atoms with E-state index in [1.54, 1.807) is 19.2 Å². The van der Waals surface area contributed by atoms with Crippen LogP contribution < -0.4 is 16.0 Å². The molecule has 98 valence electrons. The number of carbonyl (C=O) groups is 1. The largest absolute Gasteiger partial charge is 0.399 e. The molecule has 4 nitrogen and oxygen atoms in total. The number of benzene rings is 1. The molecule has 0 unspecified atom stereocenters. The molecule has 18 heavy (non-hydrogen) atoms. The summed E-state index contributed by atoms with van der Waals surface area (Å²) < 4.78 is 0. The number of anilines is 2. The van der Waals surface area contributed by atoms with Crippen LogP contribution in [0.5, 0.6) is 0 Å². The highest BCUT2D eigenvalue weighted by Gasteiger charge is 2.33. The van der Waals surface area contributed by atoms with Crippen molar-refractivity contribution in [2.45, 2.75) is 32.2 Å². The van der Waals surface area contributed by atoms with E-state index >= 15 is 0 Å². The number of nitrogen functional groups attached to an aromatic ring is 1. The minimum Gasteiger partial charge on any atom is -0.399 e. The van der Waals surface area contributed by atoms with Crippen molar-refractivity contribution in [2.24, 2.45) is 0 Å². The Morgan fingerprint density at radius 1 is 1.44 bits per heavy atom. The van der Waals surface area contributed by atoms with Crippen molar-refractivity contribution >= 4 is 17.3 Å². The average molecular weight is 247 g/mol. The van der Waals surface area contributed by atoms with Crippen LogP contribution in [0.4, 0.5) is 11.4 Å². The third-order valence-corrected chi connectivity index (χ3v) is 3.69. The van der Waals surface area contributed by atoms with Gasteiger partial charge in [0, 0.05) is 24.8 Å². The Hall–Kier alpha value is -1.71. The van der Waals surface area contributed by atoms with Crippen LogP contribution in [0.1, 0.15) is 37.0 Å². The van der Waals surface area contributed by atoms with E-state index in [9.17, 15) is 4.79 Å². The van der Waals surface area contributed by atoms with Gasteiger partial charge < -0.3 is 16.0 Å². The summed E-state index contributed by atoms with van der Waals surface area (Å²) in [5, 5.41) is 2.69. The molecule has 1 aromatic carbocycles.